The Balaban J connectivity index is 1.29. The molecule has 202 valence electrons. The second-order valence-electron chi connectivity index (χ2n) is 10.7. The average molecular weight is 528 g/mol. The fourth-order valence-electron chi connectivity index (χ4n) is 5.56. The molecule has 0 saturated carbocycles. The summed E-state index contributed by atoms with van der Waals surface area (Å²) in [7, 11) is 0. The van der Waals surface area contributed by atoms with Crippen molar-refractivity contribution in [2.75, 3.05) is 13.1 Å². The van der Waals surface area contributed by atoms with E-state index in [1.165, 1.54) is 0 Å². The van der Waals surface area contributed by atoms with Crippen molar-refractivity contribution in [1.82, 2.24) is 20.4 Å². The van der Waals surface area contributed by atoms with Gasteiger partial charge in [0.05, 0.1) is 17.7 Å². The second kappa shape index (κ2) is 11.3. The third-order valence-corrected chi connectivity index (χ3v) is 7.42. The topological polar surface area (TPSA) is 121 Å². The maximum Gasteiger partial charge on any atom is 0.317 e. The van der Waals surface area contributed by atoms with Crippen molar-refractivity contribution in [2.45, 2.75) is 65.0 Å². The lowest BCUT2D eigenvalue weighted by Crippen LogP contribution is -2.45. The summed E-state index contributed by atoms with van der Waals surface area (Å²) in [5.41, 5.74) is 4.10. The summed E-state index contributed by atoms with van der Waals surface area (Å²) in [5, 5.41) is 17.0. The van der Waals surface area contributed by atoms with Gasteiger partial charge in [-0.2, -0.15) is 10.2 Å². The van der Waals surface area contributed by atoms with Crippen LogP contribution in [0.1, 0.15) is 69.2 Å². The minimum atomic E-state index is -0.0829. The average Bonchev–Trinajstić information content (AvgIpc) is 3.56. The number of amides is 2. The van der Waals surface area contributed by atoms with Crippen molar-refractivity contribution in [1.29, 1.82) is 5.26 Å². The van der Waals surface area contributed by atoms with Gasteiger partial charge in [0.25, 0.3) is 5.89 Å². The number of nitrogens with zero attached hydrogens (tertiary/aromatic N) is 4. The zero-order valence-corrected chi connectivity index (χ0v) is 22.6. The first-order chi connectivity index (χ1) is 18.8. The smallest absolute Gasteiger partial charge is 0.317 e. The molecule has 1 unspecified atom stereocenters. The van der Waals surface area contributed by atoms with Crippen LogP contribution >= 0.6 is 0 Å². The zero-order valence-electron chi connectivity index (χ0n) is 22.6. The number of likely N-dealkylation sites (tertiary alicyclic amines) is 1. The van der Waals surface area contributed by atoms with Gasteiger partial charge in [-0.3, -0.25) is 0 Å². The van der Waals surface area contributed by atoms with E-state index in [1.54, 1.807) is 25.1 Å². The Morgan fingerprint density at radius 1 is 1.21 bits per heavy atom. The third-order valence-electron chi connectivity index (χ3n) is 7.42. The number of ether oxygens (including phenoxy) is 1. The van der Waals surface area contributed by atoms with Crippen LogP contribution in [-0.4, -0.2) is 46.0 Å². The summed E-state index contributed by atoms with van der Waals surface area (Å²) in [5.74, 6) is 1.91. The number of benzene rings is 2. The lowest BCUT2D eigenvalue weighted by atomic mass is 9.92. The van der Waals surface area contributed by atoms with Crippen molar-refractivity contribution >= 4 is 11.8 Å². The first-order valence-corrected chi connectivity index (χ1v) is 13.5. The maximum atomic E-state index is 13.0. The Bertz CT molecular complexity index is 1410. The molecule has 39 heavy (non-hydrogen) atoms. The number of hydrogen-bond acceptors (Lipinski definition) is 7. The third kappa shape index (κ3) is 5.80. The van der Waals surface area contributed by atoms with E-state index in [2.05, 4.69) is 21.5 Å². The summed E-state index contributed by atoms with van der Waals surface area (Å²) in [6.45, 7) is 6.80. The van der Waals surface area contributed by atoms with E-state index < -0.39 is 0 Å². The van der Waals surface area contributed by atoms with Crippen molar-refractivity contribution in [2.24, 2.45) is 5.92 Å². The molecule has 9 heteroatoms. The van der Waals surface area contributed by atoms with Crippen LogP contribution in [0.4, 0.5) is 4.79 Å². The van der Waals surface area contributed by atoms with E-state index in [9.17, 15) is 14.9 Å². The highest BCUT2D eigenvalue weighted by Gasteiger charge is 2.30. The normalized spacial score (nSPS) is 17.1. The van der Waals surface area contributed by atoms with Gasteiger partial charge in [-0.25, -0.2) is 4.79 Å². The van der Waals surface area contributed by atoms with Crippen molar-refractivity contribution in [3.63, 3.8) is 0 Å². The second-order valence-corrected chi connectivity index (χ2v) is 10.7. The Kier molecular flexibility index (Phi) is 7.64. The van der Waals surface area contributed by atoms with Gasteiger partial charge in [0.1, 0.15) is 17.6 Å². The number of piperidine rings is 1. The first kappa shape index (κ1) is 26.4. The van der Waals surface area contributed by atoms with Crippen LogP contribution in [-0.2, 0) is 11.2 Å². The number of hydrogen-bond donors (Lipinski definition) is 1. The molecule has 1 saturated heterocycles. The quantitative estimate of drug-likeness (QED) is 0.433. The SMILES string of the molecule is CC(=O)CC1CCN(C(=O)NC2CCc3c(-c4noc(-c5ccc(OC(C)C)c(C#N)c5)n4)cccc32)CC1. The van der Waals surface area contributed by atoms with E-state index in [-0.39, 0.29) is 24.0 Å². The van der Waals surface area contributed by atoms with Gasteiger partial charge in [-0.1, -0.05) is 23.4 Å². The van der Waals surface area contributed by atoms with E-state index in [0.717, 1.165) is 42.4 Å². The number of rotatable bonds is 7. The van der Waals surface area contributed by atoms with Gasteiger partial charge < -0.3 is 24.3 Å². The van der Waals surface area contributed by atoms with Crippen LogP contribution < -0.4 is 10.1 Å². The van der Waals surface area contributed by atoms with Gasteiger partial charge in [-0.15, -0.1) is 0 Å². The number of nitrogens with one attached hydrogen (secondary N) is 1. The van der Waals surface area contributed by atoms with Crippen LogP contribution in [0, 0.1) is 17.2 Å². The summed E-state index contributed by atoms with van der Waals surface area (Å²) in [6.07, 6.45) is 3.87. The van der Waals surface area contributed by atoms with E-state index in [0.29, 0.717) is 54.0 Å². The van der Waals surface area contributed by atoms with E-state index >= 15 is 0 Å². The fourth-order valence-corrected chi connectivity index (χ4v) is 5.56. The number of carbonyl (C=O) groups excluding carboxylic acids is 2. The number of carbonyl (C=O) groups is 2. The molecule has 2 heterocycles. The molecule has 2 aromatic carbocycles. The molecule has 9 nitrogen and oxygen atoms in total. The molecule has 1 fully saturated rings. The van der Waals surface area contributed by atoms with Crippen molar-refractivity contribution < 1.29 is 18.8 Å². The Morgan fingerprint density at radius 3 is 2.72 bits per heavy atom. The number of ketones is 1. The minimum absolute atomic E-state index is 0.0447. The molecule has 5 rings (SSSR count). The highest BCUT2D eigenvalue weighted by atomic mass is 16.5. The molecular weight excluding hydrogens is 494 g/mol. The first-order valence-electron chi connectivity index (χ1n) is 13.5. The highest BCUT2D eigenvalue weighted by molar-refractivity contribution is 5.77. The van der Waals surface area contributed by atoms with Gasteiger partial charge in [0.15, 0.2) is 0 Å². The number of Topliss-reactive ketones (excluding diaryl/α,β-unsaturated/α-hetero) is 1. The van der Waals surface area contributed by atoms with E-state index in [1.807, 2.05) is 36.9 Å². The van der Waals surface area contributed by atoms with Gasteiger partial charge in [0, 0.05) is 30.6 Å². The molecular formula is C30H33N5O4. The lowest BCUT2D eigenvalue weighted by molar-refractivity contribution is -0.118. The molecule has 0 radical (unpaired) electrons. The molecule has 2 amide bonds. The van der Waals surface area contributed by atoms with Gasteiger partial charge >= 0.3 is 6.03 Å². The standard InChI is InChI=1S/C30H33N5O4/c1-18(2)38-27-10-7-21(16-22(27)17-31)29-33-28(34-39-29)25-6-4-5-24-23(25)8-9-26(24)32-30(37)35-13-11-20(12-14-35)15-19(3)36/h4-7,10,16,18,20,26H,8-9,11-15H2,1-3H3,(H,32,37). The summed E-state index contributed by atoms with van der Waals surface area (Å²) in [6, 6.07) is 13.2. The Labute approximate surface area is 228 Å². The number of aromatic nitrogens is 2. The fraction of sp³-hybridized carbons (Fsp3) is 0.433. The highest BCUT2D eigenvalue weighted by Crippen LogP contribution is 2.38. The summed E-state index contributed by atoms with van der Waals surface area (Å²) < 4.78 is 11.3. The Morgan fingerprint density at radius 2 is 2.00 bits per heavy atom. The molecule has 1 atom stereocenters. The van der Waals surface area contributed by atoms with Crippen LogP contribution in [0.2, 0.25) is 0 Å². The number of urea groups is 1. The van der Waals surface area contributed by atoms with Crippen LogP contribution in [0.3, 0.4) is 0 Å². The molecule has 1 aliphatic carbocycles. The number of nitriles is 1. The lowest BCUT2D eigenvalue weighted by Gasteiger charge is -2.32. The van der Waals surface area contributed by atoms with Crippen molar-refractivity contribution in [3.8, 4) is 34.7 Å². The largest absolute Gasteiger partial charge is 0.490 e. The predicted molar refractivity (Wildman–Crippen MR) is 145 cm³/mol. The number of fused-ring (bicyclic) bond motifs is 1. The van der Waals surface area contributed by atoms with Crippen molar-refractivity contribution in [3.05, 3.63) is 53.1 Å². The predicted octanol–water partition coefficient (Wildman–Crippen LogP) is 5.45. The van der Waals surface area contributed by atoms with Gasteiger partial charge in [-0.05, 0) is 81.7 Å². The molecule has 0 spiro atoms. The monoisotopic (exact) mass is 527 g/mol. The summed E-state index contributed by atoms with van der Waals surface area (Å²) in [4.78, 5) is 30.9. The summed E-state index contributed by atoms with van der Waals surface area (Å²) >= 11 is 0. The molecule has 1 aliphatic heterocycles. The Hall–Kier alpha value is -4.19. The molecule has 1 aromatic heterocycles. The molecule has 1 N–H and O–H groups in total. The van der Waals surface area contributed by atoms with E-state index in [4.69, 9.17) is 9.26 Å². The molecule has 2 aliphatic rings. The minimum Gasteiger partial charge on any atom is -0.490 e. The molecule has 0 bridgehead atoms. The zero-order chi connectivity index (χ0) is 27.5. The van der Waals surface area contributed by atoms with Crippen LogP contribution in [0.25, 0.3) is 22.8 Å². The van der Waals surface area contributed by atoms with Gasteiger partial charge in [0.2, 0.25) is 5.82 Å². The maximum absolute atomic E-state index is 13.0. The van der Waals surface area contributed by atoms with Crippen LogP contribution in [0.5, 0.6) is 5.75 Å². The van der Waals surface area contributed by atoms with Crippen LogP contribution in [0.15, 0.2) is 40.9 Å². The molecule has 3 aromatic rings.